The summed E-state index contributed by atoms with van der Waals surface area (Å²) < 4.78 is 28.7. The lowest BCUT2D eigenvalue weighted by atomic mass is 10.5. The van der Waals surface area contributed by atoms with Crippen molar-refractivity contribution in [2.24, 2.45) is 0 Å². The third-order valence-electron chi connectivity index (χ3n) is 2.77. The van der Waals surface area contributed by atoms with E-state index in [-0.39, 0.29) is 29.8 Å². The zero-order valence-electron chi connectivity index (χ0n) is 11.8. The predicted octanol–water partition coefficient (Wildman–Crippen LogP) is -0.210. The number of nitrogens with zero attached hydrogens (tertiary/aromatic N) is 2. The normalized spacial score (nSPS) is 11.5. The topological polar surface area (TPSA) is 105 Å². The first-order valence-corrected chi connectivity index (χ1v) is 7.83. The van der Waals surface area contributed by atoms with Crippen LogP contribution in [-0.4, -0.2) is 43.8 Å². The van der Waals surface area contributed by atoms with Crippen LogP contribution in [0.3, 0.4) is 0 Å². The molecule has 114 valence electrons. The molecule has 0 aliphatic carbocycles. The van der Waals surface area contributed by atoms with E-state index >= 15 is 0 Å². The fraction of sp³-hybridized carbons (Fsp3) is 0.333. The minimum absolute atomic E-state index is 0.0448. The van der Waals surface area contributed by atoms with E-state index in [1.165, 1.54) is 11.3 Å². The highest BCUT2D eigenvalue weighted by Gasteiger charge is 2.24. The Morgan fingerprint density at radius 2 is 2.10 bits per heavy atom. The van der Waals surface area contributed by atoms with Crippen LogP contribution in [0.4, 0.5) is 5.82 Å². The molecule has 0 unspecified atom stereocenters. The molecule has 2 rings (SSSR count). The second-order valence-electron chi connectivity index (χ2n) is 4.33. The number of imidazole rings is 1. The summed E-state index contributed by atoms with van der Waals surface area (Å²) in [5, 5.41) is 5.35. The molecule has 0 saturated heterocycles. The largest absolute Gasteiger partial charge is 0.371 e. The summed E-state index contributed by atoms with van der Waals surface area (Å²) in [5.74, 6) is 0.0631. The minimum Gasteiger partial charge on any atom is -0.371 e. The summed E-state index contributed by atoms with van der Waals surface area (Å²) in [6, 6.07) is 5.23. The van der Waals surface area contributed by atoms with Gasteiger partial charge < -0.3 is 10.6 Å². The lowest BCUT2D eigenvalue weighted by Gasteiger charge is -2.08. The third-order valence-corrected chi connectivity index (χ3v) is 4.25. The van der Waals surface area contributed by atoms with Gasteiger partial charge in [-0.1, -0.05) is 6.07 Å². The van der Waals surface area contributed by atoms with Gasteiger partial charge in [0.25, 0.3) is 10.0 Å². The number of aromatic nitrogens is 2. The van der Waals surface area contributed by atoms with Crippen LogP contribution in [0.5, 0.6) is 0 Å². The van der Waals surface area contributed by atoms with E-state index < -0.39 is 10.0 Å². The number of anilines is 1. The lowest BCUT2D eigenvalue weighted by Crippen LogP contribution is -2.34. The van der Waals surface area contributed by atoms with Crippen LogP contribution in [0, 0.1) is 0 Å². The summed E-state index contributed by atoms with van der Waals surface area (Å²) in [7, 11) is -2.14. The fourth-order valence-corrected chi connectivity index (χ4v) is 3.21. The van der Waals surface area contributed by atoms with Gasteiger partial charge in [-0.05, 0) is 12.1 Å². The number of fused-ring (bicyclic) bond motifs is 1. The van der Waals surface area contributed by atoms with Gasteiger partial charge in [-0.15, -0.1) is 0 Å². The number of pyridine rings is 1. The first-order valence-electron chi connectivity index (χ1n) is 6.34. The summed E-state index contributed by atoms with van der Waals surface area (Å²) in [6.07, 6.45) is 1.63. The van der Waals surface area contributed by atoms with Crippen molar-refractivity contribution in [3.8, 4) is 0 Å². The van der Waals surface area contributed by atoms with E-state index in [0.717, 1.165) is 0 Å². The van der Waals surface area contributed by atoms with E-state index in [9.17, 15) is 13.2 Å². The molecule has 0 saturated carbocycles. The first-order chi connectivity index (χ1) is 9.95. The number of nitrogens with one attached hydrogen (secondary N) is 3. The maximum absolute atomic E-state index is 12.4. The van der Waals surface area contributed by atoms with Crippen molar-refractivity contribution in [3.63, 3.8) is 0 Å². The molecule has 2 heterocycles. The second kappa shape index (κ2) is 6.10. The minimum atomic E-state index is -3.75. The number of sulfonamides is 1. The van der Waals surface area contributed by atoms with Crippen LogP contribution >= 0.6 is 0 Å². The van der Waals surface area contributed by atoms with E-state index in [0.29, 0.717) is 5.65 Å². The van der Waals surface area contributed by atoms with Crippen LogP contribution in [0.1, 0.15) is 6.92 Å². The summed E-state index contributed by atoms with van der Waals surface area (Å²) >= 11 is 0. The molecule has 0 spiro atoms. The van der Waals surface area contributed by atoms with Crippen molar-refractivity contribution in [1.29, 1.82) is 0 Å². The zero-order valence-corrected chi connectivity index (χ0v) is 12.6. The molecular weight excluding hydrogens is 294 g/mol. The highest BCUT2D eigenvalue weighted by atomic mass is 32.2. The Labute approximate surface area is 122 Å². The summed E-state index contributed by atoms with van der Waals surface area (Å²) in [5.41, 5.74) is 0.532. The molecule has 1 amide bonds. The van der Waals surface area contributed by atoms with Crippen molar-refractivity contribution in [3.05, 3.63) is 24.4 Å². The Balaban J connectivity index is 2.29. The molecule has 8 nitrogen and oxygen atoms in total. The predicted molar refractivity (Wildman–Crippen MR) is 78.6 cm³/mol. The van der Waals surface area contributed by atoms with Crippen LogP contribution in [-0.2, 0) is 14.8 Å². The SMILES string of the molecule is CNc1nc2ccccn2c1S(=O)(=O)NCCNC(C)=O. The van der Waals surface area contributed by atoms with Gasteiger partial charge in [0.1, 0.15) is 5.65 Å². The van der Waals surface area contributed by atoms with Crippen molar-refractivity contribution in [1.82, 2.24) is 19.4 Å². The van der Waals surface area contributed by atoms with Crippen molar-refractivity contribution in [2.45, 2.75) is 11.9 Å². The first kappa shape index (κ1) is 15.3. The highest BCUT2D eigenvalue weighted by molar-refractivity contribution is 7.89. The van der Waals surface area contributed by atoms with Gasteiger partial charge in [0.05, 0.1) is 0 Å². The average molecular weight is 311 g/mol. The molecule has 2 aromatic heterocycles. The molecule has 2 aromatic rings. The van der Waals surface area contributed by atoms with Crippen molar-refractivity contribution >= 4 is 27.4 Å². The monoisotopic (exact) mass is 311 g/mol. The van der Waals surface area contributed by atoms with Crippen molar-refractivity contribution < 1.29 is 13.2 Å². The molecule has 3 N–H and O–H groups in total. The molecule has 0 aromatic carbocycles. The zero-order chi connectivity index (χ0) is 15.5. The molecule has 9 heteroatoms. The standard InChI is InChI=1S/C12H17N5O3S/c1-9(18)14-6-7-15-21(19,20)12-11(13-2)16-10-5-3-4-8-17(10)12/h3-5,8,13,15H,6-7H2,1-2H3,(H,14,18). The Kier molecular flexibility index (Phi) is 4.43. The van der Waals surface area contributed by atoms with E-state index in [1.54, 1.807) is 31.4 Å². The summed E-state index contributed by atoms with van der Waals surface area (Å²) in [4.78, 5) is 15.0. The number of amides is 1. The van der Waals surface area contributed by atoms with Gasteiger partial charge >= 0.3 is 0 Å². The van der Waals surface area contributed by atoms with Gasteiger partial charge in [0.2, 0.25) is 5.91 Å². The Morgan fingerprint density at radius 3 is 2.76 bits per heavy atom. The van der Waals surface area contributed by atoms with E-state index in [2.05, 4.69) is 20.3 Å². The van der Waals surface area contributed by atoms with Crippen molar-refractivity contribution in [2.75, 3.05) is 25.5 Å². The molecule has 0 atom stereocenters. The van der Waals surface area contributed by atoms with Crippen LogP contribution < -0.4 is 15.4 Å². The maximum atomic E-state index is 12.4. The van der Waals surface area contributed by atoms with Crippen LogP contribution in [0.2, 0.25) is 0 Å². The van der Waals surface area contributed by atoms with Crippen LogP contribution in [0.25, 0.3) is 5.65 Å². The number of carbonyl (C=O) groups excluding carboxylic acids is 1. The summed E-state index contributed by atoms with van der Waals surface area (Å²) in [6.45, 7) is 1.70. The van der Waals surface area contributed by atoms with E-state index in [1.807, 2.05) is 0 Å². The van der Waals surface area contributed by atoms with Gasteiger partial charge in [0.15, 0.2) is 10.8 Å². The molecule has 0 aliphatic heterocycles. The Hall–Kier alpha value is -2.13. The number of rotatable bonds is 6. The maximum Gasteiger partial charge on any atom is 0.260 e. The molecule has 21 heavy (non-hydrogen) atoms. The molecule has 0 fully saturated rings. The number of hydrogen-bond acceptors (Lipinski definition) is 5. The molecule has 0 aliphatic rings. The molecular formula is C12H17N5O3S. The van der Waals surface area contributed by atoms with Gasteiger partial charge in [-0.2, -0.15) is 0 Å². The fourth-order valence-electron chi connectivity index (χ4n) is 1.89. The van der Waals surface area contributed by atoms with E-state index in [4.69, 9.17) is 0 Å². The molecule has 0 radical (unpaired) electrons. The van der Waals surface area contributed by atoms with Gasteiger partial charge in [-0.25, -0.2) is 18.1 Å². The Bertz CT molecular complexity index is 753. The average Bonchev–Trinajstić information content (AvgIpc) is 2.82. The second-order valence-corrected chi connectivity index (χ2v) is 6.01. The Morgan fingerprint density at radius 1 is 1.33 bits per heavy atom. The van der Waals surface area contributed by atoms with Crippen LogP contribution in [0.15, 0.2) is 29.4 Å². The van der Waals surface area contributed by atoms with Gasteiger partial charge in [-0.3, -0.25) is 9.20 Å². The highest BCUT2D eigenvalue weighted by Crippen LogP contribution is 2.21. The number of carbonyl (C=O) groups is 1. The third kappa shape index (κ3) is 3.31. The lowest BCUT2D eigenvalue weighted by molar-refractivity contribution is -0.118. The molecule has 0 bridgehead atoms. The van der Waals surface area contributed by atoms with Gasteiger partial charge in [0, 0.05) is 33.3 Å². The smallest absolute Gasteiger partial charge is 0.260 e. The number of hydrogen-bond donors (Lipinski definition) is 3. The quantitative estimate of drug-likeness (QED) is 0.640.